The molecule has 0 radical (unpaired) electrons. The van der Waals surface area contributed by atoms with E-state index in [4.69, 9.17) is 9.47 Å². The lowest BCUT2D eigenvalue weighted by Crippen LogP contribution is -2.08. The van der Waals surface area contributed by atoms with Gasteiger partial charge < -0.3 is 9.47 Å². The van der Waals surface area contributed by atoms with Crippen LogP contribution in [-0.4, -0.2) is 12.6 Å². The number of aryl methyl sites for hydroxylation is 1. The van der Waals surface area contributed by atoms with Crippen molar-refractivity contribution in [3.63, 3.8) is 0 Å². The van der Waals surface area contributed by atoms with Gasteiger partial charge >= 0.3 is 5.97 Å². The van der Waals surface area contributed by atoms with E-state index in [1.54, 1.807) is 12.1 Å². The lowest BCUT2D eigenvalue weighted by Gasteiger charge is -2.08. The number of esters is 1. The fourth-order valence-electron chi connectivity index (χ4n) is 2.94. The van der Waals surface area contributed by atoms with Gasteiger partial charge in [0.05, 0.1) is 12.2 Å². The van der Waals surface area contributed by atoms with Gasteiger partial charge in [-0.25, -0.2) is 4.79 Å². The molecule has 0 heterocycles. The fraction of sp³-hybridized carbons (Fsp3) is 0.240. The van der Waals surface area contributed by atoms with Crippen LogP contribution in [0.2, 0.25) is 0 Å². The molecule has 0 unspecified atom stereocenters. The van der Waals surface area contributed by atoms with E-state index in [1.165, 1.54) is 5.56 Å². The smallest absolute Gasteiger partial charge is 0.343 e. The predicted molar refractivity (Wildman–Crippen MR) is 113 cm³/mol. The molecule has 3 nitrogen and oxygen atoms in total. The number of benzene rings is 3. The second-order valence-electron chi connectivity index (χ2n) is 6.73. The molecule has 0 N–H and O–H groups in total. The molecule has 0 saturated carbocycles. The number of hydrogen-bond acceptors (Lipinski definition) is 3. The van der Waals surface area contributed by atoms with Crippen molar-refractivity contribution in [2.45, 2.75) is 33.1 Å². The summed E-state index contributed by atoms with van der Waals surface area (Å²) in [7, 11) is 0. The maximum atomic E-state index is 12.4. The van der Waals surface area contributed by atoms with E-state index in [9.17, 15) is 4.79 Å². The van der Waals surface area contributed by atoms with Gasteiger partial charge in [-0.05, 0) is 65.9 Å². The summed E-state index contributed by atoms with van der Waals surface area (Å²) in [6.07, 6.45) is 3.11. The summed E-state index contributed by atoms with van der Waals surface area (Å²) in [5.41, 5.74) is 3.90. The lowest BCUT2D eigenvalue weighted by atomic mass is 10.0. The Labute approximate surface area is 166 Å². The topological polar surface area (TPSA) is 35.5 Å². The molecule has 0 fully saturated rings. The van der Waals surface area contributed by atoms with Gasteiger partial charge in [0.15, 0.2) is 0 Å². The predicted octanol–water partition coefficient (Wildman–Crippen LogP) is 6.31. The normalized spacial score (nSPS) is 10.5. The Balaban J connectivity index is 1.63. The average molecular weight is 374 g/mol. The molecule has 0 amide bonds. The van der Waals surface area contributed by atoms with Gasteiger partial charge in [-0.1, -0.05) is 56.7 Å². The van der Waals surface area contributed by atoms with Gasteiger partial charge in [0.25, 0.3) is 0 Å². The zero-order chi connectivity index (χ0) is 19.8. The molecule has 0 bridgehead atoms. The van der Waals surface area contributed by atoms with Crippen molar-refractivity contribution >= 4 is 5.97 Å². The highest BCUT2D eigenvalue weighted by molar-refractivity contribution is 5.91. The van der Waals surface area contributed by atoms with Crippen LogP contribution in [0.4, 0.5) is 0 Å². The van der Waals surface area contributed by atoms with Gasteiger partial charge in [0.1, 0.15) is 11.5 Å². The van der Waals surface area contributed by atoms with Crippen LogP contribution in [-0.2, 0) is 6.42 Å². The molecule has 3 heteroatoms. The third-order valence-electron chi connectivity index (χ3n) is 4.45. The SMILES string of the molecule is CCCOc1ccc(-c2ccc(C(=O)Oc3ccc(CCC)cc3)cc2)cc1. The molecule has 0 aliphatic carbocycles. The number of hydrogen-bond donors (Lipinski definition) is 0. The third-order valence-corrected chi connectivity index (χ3v) is 4.45. The van der Waals surface area contributed by atoms with E-state index < -0.39 is 0 Å². The highest BCUT2D eigenvalue weighted by Crippen LogP contribution is 2.23. The van der Waals surface area contributed by atoms with Crippen LogP contribution >= 0.6 is 0 Å². The Morgan fingerprint density at radius 2 is 1.29 bits per heavy atom. The van der Waals surface area contributed by atoms with E-state index in [2.05, 4.69) is 13.8 Å². The molecule has 0 aliphatic rings. The summed E-state index contributed by atoms with van der Waals surface area (Å²) in [6.45, 7) is 4.95. The van der Waals surface area contributed by atoms with Crippen molar-refractivity contribution in [1.82, 2.24) is 0 Å². The summed E-state index contributed by atoms with van der Waals surface area (Å²) in [6, 6.07) is 23.1. The van der Waals surface area contributed by atoms with Crippen LogP contribution in [0.25, 0.3) is 11.1 Å². The largest absolute Gasteiger partial charge is 0.494 e. The van der Waals surface area contributed by atoms with Crippen molar-refractivity contribution in [1.29, 1.82) is 0 Å². The van der Waals surface area contributed by atoms with E-state index >= 15 is 0 Å². The van der Waals surface area contributed by atoms with Gasteiger partial charge in [-0.2, -0.15) is 0 Å². The molecular weight excluding hydrogens is 348 g/mol. The van der Waals surface area contributed by atoms with Crippen molar-refractivity contribution in [2.75, 3.05) is 6.61 Å². The van der Waals surface area contributed by atoms with E-state index in [1.807, 2.05) is 60.7 Å². The maximum absolute atomic E-state index is 12.4. The quantitative estimate of drug-likeness (QED) is 0.342. The molecule has 0 saturated heterocycles. The summed E-state index contributed by atoms with van der Waals surface area (Å²) < 4.78 is 11.1. The molecule has 3 aromatic rings. The Bertz CT molecular complexity index is 879. The van der Waals surface area contributed by atoms with E-state index in [0.717, 1.165) is 42.7 Å². The Kier molecular flexibility index (Phi) is 6.85. The molecular formula is C25H26O3. The number of carbonyl (C=O) groups excluding carboxylic acids is 1. The Hall–Kier alpha value is -3.07. The zero-order valence-corrected chi connectivity index (χ0v) is 16.5. The van der Waals surface area contributed by atoms with Crippen LogP contribution < -0.4 is 9.47 Å². The number of rotatable bonds is 8. The standard InChI is InChI=1S/C25H26O3/c1-3-5-19-6-14-24(15-7-19)28-25(26)22-10-8-20(9-11-22)21-12-16-23(17-13-21)27-18-4-2/h6-17H,3-5,18H2,1-2H3. The molecule has 28 heavy (non-hydrogen) atoms. The second-order valence-corrected chi connectivity index (χ2v) is 6.73. The summed E-state index contributed by atoms with van der Waals surface area (Å²) in [4.78, 5) is 12.4. The first-order valence-corrected chi connectivity index (χ1v) is 9.84. The van der Waals surface area contributed by atoms with Crippen LogP contribution in [0.15, 0.2) is 72.8 Å². The first-order valence-electron chi connectivity index (χ1n) is 9.84. The van der Waals surface area contributed by atoms with Crippen molar-refractivity contribution in [3.05, 3.63) is 83.9 Å². The third kappa shape index (κ3) is 5.23. The molecule has 0 aromatic heterocycles. The molecule has 0 atom stereocenters. The summed E-state index contributed by atoms with van der Waals surface area (Å²) >= 11 is 0. The van der Waals surface area contributed by atoms with Crippen LogP contribution in [0.5, 0.6) is 11.5 Å². The van der Waals surface area contributed by atoms with E-state index in [-0.39, 0.29) is 5.97 Å². The maximum Gasteiger partial charge on any atom is 0.343 e. The molecule has 144 valence electrons. The van der Waals surface area contributed by atoms with E-state index in [0.29, 0.717) is 11.3 Å². The molecule has 0 aliphatic heterocycles. The lowest BCUT2D eigenvalue weighted by molar-refractivity contribution is 0.0734. The van der Waals surface area contributed by atoms with Crippen molar-refractivity contribution in [3.8, 4) is 22.6 Å². The highest BCUT2D eigenvalue weighted by atomic mass is 16.5. The summed E-state index contributed by atoms with van der Waals surface area (Å²) in [5, 5.41) is 0. The van der Waals surface area contributed by atoms with Gasteiger partial charge in [-0.15, -0.1) is 0 Å². The summed E-state index contributed by atoms with van der Waals surface area (Å²) in [5.74, 6) is 1.09. The first kappa shape index (κ1) is 19.7. The monoisotopic (exact) mass is 374 g/mol. The van der Waals surface area contributed by atoms with Gasteiger partial charge in [0.2, 0.25) is 0 Å². The molecule has 0 spiro atoms. The molecule has 3 aromatic carbocycles. The number of carbonyl (C=O) groups is 1. The van der Waals surface area contributed by atoms with Crippen LogP contribution in [0, 0.1) is 0 Å². The van der Waals surface area contributed by atoms with Crippen molar-refractivity contribution in [2.24, 2.45) is 0 Å². The van der Waals surface area contributed by atoms with Crippen LogP contribution in [0.3, 0.4) is 0 Å². The van der Waals surface area contributed by atoms with Crippen molar-refractivity contribution < 1.29 is 14.3 Å². The average Bonchev–Trinajstić information content (AvgIpc) is 2.74. The Morgan fingerprint density at radius 1 is 0.714 bits per heavy atom. The Morgan fingerprint density at radius 3 is 1.86 bits per heavy atom. The zero-order valence-electron chi connectivity index (χ0n) is 16.5. The minimum atomic E-state index is -0.349. The molecule has 3 rings (SSSR count). The second kappa shape index (κ2) is 9.75. The fourth-order valence-corrected chi connectivity index (χ4v) is 2.94. The minimum absolute atomic E-state index is 0.349. The van der Waals surface area contributed by atoms with Gasteiger partial charge in [-0.3, -0.25) is 0 Å². The number of ether oxygens (including phenoxy) is 2. The minimum Gasteiger partial charge on any atom is -0.494 e. The first-order chi connectivity index (χ1) is 13.7. The van der Waals surface area contributed by atoms with Gasteiger partial charge in [0, 0.05) is 0 Å². The highest BCUT2D eigenvalue weighted by Gasteiger charge is 2.09. The van der Waals surface area contributed by atoms with Crippen LogP contribution in [0.1, 0.15) is 42.6 Å².